The van der Waals surface area contributed by atoms with Crippen LogP contribution in [0.2, 0.25) is 0 Å². The molecule has 1 aliphatic heterocycles. The summed E-state index contributed by atoms with van der Waals surface area (Å²) >= 11 is 1.89. The van der Waals surface area contributed by atoms with E-state index in [4.69, 9.17) is 0 Å². The summed E-state index contributed by atoms with van der Waals surface area (Å²) in [5.41, 5.74) is 11.0. The molecule has 0 fully saturated rings. The molecule has 0 saturated heterocycles. The third-order valence-corrected chi connectivity index (χ3v) is 8.39. The van der Waals surface area contributed by atoms with Crippen molar-refractivity contribution in [1.82, 2.24) is 0 Å². The van der Waals surface area contributed by atoms with Crippen molar-refractivity contribution in [2.24, 2.45) is 0 Å². The molecular weight excluding hydrogens is 404 g/mol. The molecule has 0 unspecified atom stereocenters. The molecule has 0 amide bonds. The van der Waals surface area contributed by atoms with E-state index in [9.17, 15) is 0 Å². The van der Waals surface area contributed by atoms with Crippen LogP contribution in [-0.4, -0.2) is 0 Å². The normalized spacial score (nSPS) is 14.7. The summed E-state index contributed by atoms with van der Waals surface area (Å²) < 4.78 is 0. The van der Waals surface area contributed by atoms with Gasteiger partial charge in [0.15, 0.2) is 0 Å². The van der Waals surface area contributed by atoms with Crippen molar-refractivity contribution in [1.29, 1.82) is 0 Å². The zero-order chi connectivity index (χ0) is 21.4. The van der Waals surface area contributed by atoms with Crippen molar-refractivity contribution in [3.8, 4) is 33.4 Å². The minimum absolute atomic E-state index is 0.0351. The van der Waals surface area contributed by atoms with Gasteiger partial charge in [-0.15, -0.1) is 0 Å². The van der Waals surface area contributed by atoms with E-state index < -0.39 is 0 Å². The van der Waals surface area contributed by atoms with Gasteiger partial charge in [0, 0.05) is 20.6 Å². The Morgan fingerprint density at radius 3 is 2.06 bits per heavy atom. The second-order valence-corrected chi connectivity index (χ2v) is 10.4. The van der Waals surface area contributed by atoms with Gasteiger partial charge in [-0.2, -0.15) is 0 Å². The van der Waals surface area contributed by atoms with Gasteiger partial charge in [-0.05, 0) is 62.0 Å². The fraction of sp³-hybridized carbons (Fsp3) is 0.0968. The Kier molecular flexibility index (Phi) is 3.64. The van der Waals surface area contributed by atoms with Gasteiger partial charge in [-0.25, -0.2) is 0 Å². The molecule has 0 nitrogen and oxygen atoms in total. The number of hydrogen-bond acceptors (Lipinski definition) is 1. The Bertz CT molecular complexity index is 1570. The van der Waals surface area contributed by atoms with Crippen molar-refractivity contribution in [3.05, 3.63) is 108 Å². The number of rotatable bonds is 1. The first kappa shape index (κ1) is 18.3. The second-order valence-electron chi connectivity index (χ2n) is 9.34. The molecule has 0 radical (unpaired) electrons. The smallest absolute Gasteiger partial charge is 0.0207 e. The van der Waals surface area contributed by atoms with E-state index in [1.54, 1.807) is 0 Å². The van der Waals surface area contributed by atoms with Crippen LogP contribution in [0.1, 0.15) is 25.0 Å². The maximum atomic E-state index is 2.38. The van der Waals surface area contributed by atoms with Crippen LogP contribution in [0.4, 0.5) is 0 Å². The van der Waals surface area contributed by atoms with Crippen LogP contribution in [0, 0.1) is 0 Å². The summed E-state index contributed by atoms with van der Waals surface area (Å²) in [6.45, 7) is 4.76. The van der Waals surface area contributed by atoms with Gasteiger partial charge in [0.1, 0.15) is 0 Å². The Hall–Kier alpha value is -3.29. The Labute approximate surface area is 192 Å². The zero-order valence-corrected chi connectivity index (χ0v) is 19.0. The largest absolute Gasteiger partial charge is 0.0888 e. The standard InChI is InChI=1S/C31H22S/c1-31(2)25-14-5-3-10-20(25)22-12-8-13-23(30(22)31)21-18-17-19-9-7-16-27-28(19)29(21)24-11-4-6-15-26(24)32-27/h3-18H,1-2H3. The van der Waals surface area contributed by atoms with E-state index in [0.29, 0.717) is 0 Å². The lowest BCUT2D eigenvalue weighted by molar-refractivity contribution is 0.662. The maximum Gasteiger partial charge on any atom is 0.0207 e. The maximum absolute atomic E-state index is 2.38. The fourth-order valence-corrected chi connectivity index (χ4v) is 7.02. The molecule has 32 heavy (non-hydrogen) atoms. The van der Waals surface area contributed by atoms with Gasteiger partial charge < -0.3 is 0 Å². The van der Waals surface area contributed by atoms with Gasteiger partial charge in [0.2, 0.25) is 0 Å². The SMILES string of the molecule is CC1(C)c2ccccc2-c2cccc(-c3ccc4cccc5c4c3-c3ccccc3S5)c21. The van der Waals surface area contributed by atoms with E-state index in [0.717, 1.165) is 0 Å². The molecule has 152 valence electrons. The first-order chi connectivity index (χ1) is 15.6. The van der Waals surface area contributed by atoms with Crippen LogP contribution in [0.15, 0.2) is 107 Å². The fourth-order valence-electron chi connectivity index (χ4n) is 5.89. The van der Waals surface area contributed by atoms with Crippen molar-refractivity contribution in [2.45, 2.75) is 29.1 Å². The highest BCUT2D eigenvalue weighted by Gasteiger charge is 2.38. The average molecular weight is 427 g/mol. The van der Waals surface area contributed by atoms with E-state index in [1.165, 1.54) is 65.1 Å². The quantitative estimate of drug-likeness (QED) is 0.253. The third-order valence-electron chi connectivity index (χ3n) is 7.25. The molecule has 0 aromatic heterocycles. The number of fused-ring (bicyclic) bond motifs is 5. The molecule has 7 rings (SSSR count). The highest BCUT2D eigenvalue weighted by atomic mass is 32.2. The van der Waals surface area contributed by atoms with Gasteiger partial charge >= 0.3 is 0 Å². The van der Waals surface area contributed by atoms with E-state index in [2.05, 4.69) is 111 Å². The predicted molar refractivity (Wildman–Crippen MR) is 137 cm³/mol. The summed E-state index contributed by atoms with van der Waals surface area (Å²) in [7, 11) is 0. The van der Waals surface area contributed by atoms with Gasteiger partial charge in [-0.1, -0.05) is 111 Å². The first-order valence-corrected chi connectivity index (χ1v) is 12.0. The van der Waals surface area contributed by atoms with Crippen molar-refractivity contribution < 1.29 is 0 Å². The van der Waals surface area contributed by atoms with Crippen molar-refractivity contribution in [2.75, 3.05) is 0 Å². The topological polar surface area (TPSA) is 0 Å². The lowest BCUT2D eigenvalue weighted by atomic mass is 9.77. The summed E-state index contributed by atoms with van der Waals surface area (Å²) in [5.74, 6) is 0. The summed E-state index contributed by atoms with van der Waals surface area (Å²) in [5, 5.41) is 2.71. The van der Waals surface area contributed by atoms with Crippen molar-refractivity contribution >= 4 is 22.5 Å². The average Bonchev–Trinajstić information content (AvgIpc) is 3.07. The van der Waals surface area contributed by atoms with Crippen LogP contribution in [0.3, 0.4) is 0 Å². The number of hydrogen-bond donors (Lipinski definition) is 0. The molecule has 0 spiro atoms. The van der Waals surface area contributed by atoms with E-state index in [-0.39, 0.29) is 5.41 Å². The Morgan fingerprint density at radius 1 is 0.531 bits per heavy atom. The predicted octanol–water partition coefficient (Wildman–Crippen LogP) is 8.94. The van der Waals surface area contributed by atoms with Crippen LogP contribution >= 0.6 is 11.8 Å². The second kappa shape index (κ2) is 6.37. The molecule has 1 aliphatic carbocycles. The molecule has 0 saturated carbocycles. The minimum atomic E-state index is -0.0351. The van der Waals surface area contributed by atoms with Crippen LogP contribution in [-0.2, 0) is 5.41 Å². The van der Waals surface area contributed by atoms with Crippen LogP contribution < -0.4 is 0 Å². The van der Waals surface area contributed by atoms with Crippen molar-refractivity contribution in [3.63, 3.8) is 0 Å². The van der Waals surface area contributed by atoms with E-state index >= 15 is 0 Å². The molecule has 0 bridgehead atoms. The molecule has 5 aromatic rings. The van der Waals surface area contributed by atoms with Gasteiger partial charge in [0.05, 0.1) is 0 Å². The molecule has 2 aliphatic rings. The van der Waals surface area contributed by atoms with E-state index in [1.807, 2.05) is 11.8 Å². The van der Waals surface area contributed by atoms with Gasteiger partial charge in [0.25, 0.3) is 0 Å². The highest BCUT2D eigenvalue weighted by Crippen LogP contribution is 2.56. The zero-order valence-electron chi connectivity index (χ0n) is 18.1. The minimum Gasteiger partial charge on any atom is -0.0888 e. The highest BCUT2D eigenvalue weighted by molar-refractivity contribution is 7.99. The Balaban J connectivity index is 1.61. The molecule has 1 heteroatoms. The summed E-state index contributed by atoms with van der Waals surface area (Å²) in [6.07, 6.45) is 0. The van der Waals surface area contributed by atoms with Crippen LogP contribution in [0.25, 0.3) is 44.2 Å². The lowest BCUT2D eigenvalue weighted by Crippen LogP contribution is -2.16. The lowest BCUT2D eigenvalue weighted by Gasteiger charge is -2.27. The number of benzene rings is 5. The molecular formula is C31H22S. The first-order valence-electron chi connectivity index (χ1n) is 11.2. The van der Waals surface area contributed by atoms with Gasteiger partial charge in [-0.3, -0.25) is 0 Å². The Morgan fingerprint density at radius 2 is 1.19 bits per heavy atom. The van der Waals surface area contributed by atoms with Crippen LogP contribution in [0.5, 0.6) is 0 Å². The molecule has 0 atom stereocenters. The molecule has 5 aromatic carbocycles. The third kappa shape index (κ3) is 2.29. The molecule has 0 N–H and O–H groups in total. The summed E-state index contributed by atoms with van der Waals surface area (Å²) in [6, 6.07) is 36.0. The summed E-state index contributed by atoms with van der Waals surface area (Å²) in [4.78, 5) is 2.70. The molecule has 1 heterocycles. The monoisotopic (exact) mass is 426 g/mol.